The summed E-state index contributed by atoms with van der Waals surface area (Å²) < 4.78 is 0. The molecule has 3 aromatic carbocycles. The van der Waals surface area contributed by atoms with Crippen LogP contribution in [0.1, 0.15) is 27.9 Å². The zero-order valence-corrected chi connectivity index (χ0v) is 18.4. The van der Waals surface area contributed by atoms with Crippen molar-refractivity contribution in [1.29, 1.82) is 0 Å². The van der Waals surface area contributed by atoms with E-state index in [9.17, 15) is 14.4 Å². The molecule has 0 bridgehead atoms. The number of anilines is 1. The molecule has 1 atom stereocenters. The normalized spacial score (nSPS) is 15.3. The second-order valence-corrected chi connectivity index (χ2v) is 8.19. The molecule has 1 unspecified atom stereocenters. The minimum atomic E-state index is -0.449. The number of carbonyl (C=O) groups excluding carboxylic acids is 3. The van der Waals surface area contributed by atoms with E-state index in [1.807, 2.05) is 60.7 Å². The summed E-state index contributed by atoms with van der Waals surface area (Å²) >= 11 is 0. The fraction of sp³-hybridized carbons (Fsp3) is 0.222. The maximum atomic E-state index is 12.9. The Hall–Kier alpha value is -3.93. The highest BCUT2D eigenvalue weighted by Crippen LogP contribution is 2.23. The highest BCUT2D eigenvalue weighted by Gasteiger charge is 2.34. The van der Waals surface area contributed by atoms with Gasteiger partial charge in [0.2, 0.25) is 11.8 Å². The second kappa shape index (κ2) is 10.6. The van der Waals surface area contributed by atoms with Gasteiger partial charge < -0.3 is 15.5 Å². The first-order chi connectivity index (χ1) is 16.1. The average Bonchev–Trinajstić information content (AvgIpc) is 3.21. The first kappa shape index (κ1) is 22.3. The smallest absolute Gasteiger partial charge is 0.253 e. The SMILES string of the molecule is O=C(NCCc1ccccc1)c1ccccc1NC(=O)C1CC(=O)N(Cc2ccccc2)C1. The molecule has 0 saturated carbocycles. The zero-order chi connectivity index (χ0) is 23.0. The van der Waals surface area contributed by atoms with Gasteiger partial charge in [0.25, 0.3) is 5.91 Å². The molecule has 1 heterocycles. The topological polar surface area (TPSA) is 78.5 Å². The van der Waals surface area contributed by atoms with Gasteiger partial charge in [-0.15, -0.1) is 0 Å². The van der Waals surface area contributed by atoms with Gasteiger partial charge in [-0.3, -0.25) is 14.4 Å². The standard InChI is InChI=1S/C27H27N3O3/c31-25-17-22(19-30(25)18-21-11-5-2-6-12-21)26(32)29-24-14-8-7-13-23(24)27(33)28-16-15-20-9-3-1-4-10-20/h1-14,22H,15-19H2,(H,28,33)(H,29,32). The number of hydrogen-bond donors (Lipinski definition) is 2. The first-order valence-corrected chi connectivity index (χ1v) is 11.1. The second-order valence-electron chi connectivity index (χ2n) is 8.19. The number of nitrogens with zero attached hydrogens (tertiary/aromatic N) is 1. The van der Waals surface area contributed by atoms with Crippen LogP contribution in [0.2, 0.25) is 0 Å². The maximum Gasteiger partial charge on any atom is 0.253 e. The molecule has 0 spiro atoms. The molecule has 6 heteroatoms. The molecule has 168 valence electrons. The Morgan fingerprint density at radius 1 is 0.848 bits per heavy atom. The summed E-state index contributed by atoms with van der Waals surface area (Å²) in [6, 6.07) is 26.6. The molecular weight excluding hydrogens is 414 g/mol. The molecule has 4 rings (SSSR count). The van der Waals surface area contributed by atoms with Crippen LogP contribution in [0.5, 0.6) is 0 Å². The molecule has 3 aromatic rings. The van der Waals surface area contributed by atoms with Crippen LogP contribution >= 0.6 is 0 Å². The summed E-state index contributed by atoms with van der Waals surface area (Å²) in [5, 5.41) is 5.79. The van der Waals surface area contributed by atoms with Crippen LogP contribution in [0.15, 0.2) is 84.9 Å². The third-order valence-electron chi connectivity index (χ3n) is 5.77. The van der Waals surface area contributed by atoms with Gasteiger partial charge in [0.1, 0.15) is 0 Å². The van der Waals surface area contributed by atoms with Crippen molar-refractivity contribution in [2.45, 2.75) is 19.4 Å². The predicted octanol–water partition coefficient (Wildman–Crippen LogP) is 3.65. The Morgan fingerprint density at radius 3 is 2.21 bits per heavy atom. The highest BCUT2D eigenvalue weighted by molar-refractivity contribution is 6.05. The molecule has 0 aliphatic carbocycles. The quantitative estimate of drug-likeness (QED) is 0.560. The summed E-state index contributed by atoms with van der Waals surface area (Å²) in [6.07, 6.45) is 0.895. The summed E-state index contributed by atoms with van der Waals surface area (Å²) in [7, 11) is 0. The van der Waals surface area contributed by atoms with Crippen LogP contribution < -0.4 is 10.6 Å². The fourth-order valence-electron chi connectivity index (χ4n) is 3.99. The Kier molecular flexibility index (Phi) is 7.15. The van der Waals surface area contributed by atoms with Crippen molar-refractivity contribution in [1.82, 2.24) is 10.2 Å². The fourth-order valence-corrected chi connectivity index (χ4v) is 3.99. The lowest BCUT2D eigenvalue weighted by molar-refractivity contribution is -0.128. The van der Waals surface area contributed by atoms with Crippen LogP contribution in [0.3, 0.4) is 0 Å². The van der Waals surface area contributed by atoms with Crippen LogP contribution in [-0.4, -0.2) is 35.7 Å². The Bertz CT molecular complexity index is 1120. The van der Waals surface area contributed by atoms with Crippen LogP contribution in [0, 0.1) is 5.92 Å². The highest BCUT2D eigenvalue weighted by atomic mass is 16.2. The summed E-state index contributed by atoms with van der Waals surface area (Å²) in [4.78, 5) is 39.8. The molecule has 1 saturated heterocycles. The van der Waals surface area contributed by atoms with E-state index in [4.69, 9.17) is 0 Å². The number of nitrogens with one attached hydrogen (secondary N) is 2. The number of benzene rings is 3. The van der Waals surface area contributed by atoms with Gasteiger partial charge in [0, 0.05) is 26.1 Å². The van der Waals surface area contributed by atoms with Gasteiger partial charge in [-0.05, 0) is 29.7 Å². The van der Waals surface area contributed by atoms with Gasteiger partial charge in [-0.1, -0.05) is 72.8 Å². The van der Waals surface area contributed by atoms with E-state index in [0.29, 0.717) is 30.9 Å². The van der Waals surface area contributed by atoms with Crippen molar-refractivity contribution in [2.75, 3.05) is 18.4 Å². The van der Waals surface area contributed by atoms with Crippen molar-refractivity contribution < 1.29 is 14.4 Å². The minimum Gasteiger partial charge on any atom is -0.352 e. The molecule has 1 fully saturated rings. The number of hydrogen-bond acceptors (Lipinski definition) is 3. The van der Waals surface area contributed by atoms with Crippen molar-refractivity contribution >= 4 is 23.4 Å². The van der Waals surface area contributed by atoms with Gasteiger partial charge >= 0.3 is 0 Å². The number of amides is 3. The minimum absolute atomic E-state index is 0.0362. The van der Waals surface area contributed by atoms with Crippen molar-refractivity contribution in [3.8, 4) is 0 Å². The Morgan fingerprint density at radius 2 is 1.48 bits per heavy atom. The Labute approximate surface area is 193 Å². The van der Waals surface area contributed by atoms with E-state index < -0.39 is 5.92 Å². The third-order valence-corrected chi connectivity index (χ3v) is 5.77. The van der Waals surface area contributed by atoms with E-state index in [2.05, 4.69) is 10.6 Å². The molecule has 1 aliphatic rings. The molecule has 0 radical (unpaired) electrons. The van der Waals surface area contributed by atoms with Gasteiger partial charge in [0.05, 0.1) is 17.2 Å². The Balaban J connectivity index is 1.34. The van der Waals surface area contributed by atoms with Gasteiger partial charge in [-0.25, -0.2) is 0 Å². The number of carbonyl (C=O) groups is 3. The molecule has 6 nitrogen and oxygen atoms in total. The molecule has 3 amide bonds. The predicted molar refractivity (Wildman–Crippen MR) is 128 cm³/mol. The van der Waals surface area contributed by atoms with E-state index >= 15 is 0 Å². The number of para-hydroxylation sites is 1. The largest absolute Gasteiger partial charge is 0.352 e. The lowest BCUT2D eigenvalue weighted by Crippen LogP contribution is -2.30. The molecular formula is C27H27N3O3. The molecule has 2 N–H and O–H groups in total. The number of likely N-dealkylation sites (tertiary alicyclic amines) is 1. The van der Waals surface area contributed by atoms with Crippen LogP contribution in [0.4, 0.5) is 5.69 Å². The lowest BCUT2D eigenvalue weighted by atomic mass is 10.1. The van der Waals surface area contributed by atoms with Crippen LogP contribution in [0.25, 0.3) is 0 Å². The van der Waals surface area contributed by atoms with Crippen molar-refractivity contribution in [2.24, 2.45) is 5.92 Å². The van der Waals surface area contributed by atoms with Crippen molar-refractivity contribution in [3.63, 3.8) is 0 Å². The summed E-state index contributed by atoms with van der Waals surface area (Å²) in [5.74, 6) is -0.972. The van der Waals surface area contributed by atoms with Gasteiger partial charge in [0.15, 0.2) is 0 Å². The lowest BCUT2D eigenvalue weighted by Gasteiger charge is -2.17. The maximum absolute atomic E-state index is 12.9. The van der Waals surface area contributed by atoms with Gasteiger partial charge in [-0.2, -0.15) is 0 Å². The van der Waals surface area contributed by atoms with E-state index in [1.165, 1.54) is 0 Å². The van der Waals surface area contributed by atoms with E-state index in [0.717, 1.165) is 17.5 Å². The van der Waals surface area contributed by atoms with E-state index in [-0.39, 0.29) is 24.1 Å². The summed E-state index contributed by atoms with van der Waals surface area (Å²) in [6.45, 7) is 1.35. The third kappa shape index (κ3) is 5.86. The van der Waals surface area contributed by atoms with Crippen molar-refractivity contribution in [3.05, 3.63) is 102 Å². The van der Waals surface area contributed by atoms with E-state index in [1.54, 1.807) is 29.2 Å². The summed E-state index contributed by atoms with van der Waals surface area (Å²) in [5.41, 5.74) is 3.04. The number of rotatable bonds is 8. The first-order valence-electron chi connectivity index (χ1n) is 11.1. The molecule has 33 heavy (non-hydrogen) atoms. The zero-order valence-electron chi connectivity index (χ0n) is 18.4. The molecule has 1 aliphatic heterocycles. The monoisotopic (exact) mass is 441 g/mol. The average molecular weight is 442 g/mol. The molecule has 0 aromatic heterocycles. The van der Waals surface area contributed by atoms with Crippen LogP contribution in [-0.2, 0) is 22.6 Å².